The van der Waals surface area contributed by atoms with Gasteiger partial charge in [0.1, 0.15) is 5.60 Å². The van der Waals surface area contributed by atoms with Crippen molar-refractivity contribution in [3.05, 3.63) is 65.7 Å². The van der Waals surface area contributed by atoms with E-state index in [1.807, 2.05) is 45.9 Å². The number of hydrogen-bond acceptors (Lipinski definition) is 5. The number of likely N-dealkylation sites (tertiary alicyclic amines) is 1. The second-order valence-electron chi connectivity index (χ2n) is 8.68. The second-order valence-corrected chi connectivity index (χ2v) is 10.1. The summed E-state index contributed by atoms with van der Waals surface area (Å²) in [6.45, 7) is 8.78. The lowest BCUT2D eigenvalue weighted by atomic mass is 9.87. The lowest BCUT2D eigenvalue weighted by Gasteiger charge is -2.37. The largest absolute Gasteiger partial charge is 0.444 e. The van der Waals surface area contributed by atoms with Crippen molar-refractivity contribution >= 4 is 16.2 Å². The highest BCUT2D eigenvalue weighted by Gasteiger charge is 2.32. The monoisotopic (exact) mass is 448 g/mol. The summed E-state index contributed by atoms with van der Waals surface area (Å²) in [6.07, 6.45) is 0.559. The quantitative estimate of drug-likeness (QED) is 0.673. The predicted molar refractivity (Wildman–Crippen MR) is 121 cm³/mol. The molecule has 1 aliphatic rings. The minimum Gasteiger partial charge on any atom is -0.444 e. The Bertz CT molecular complexity index is 954. The molecule has 1 amide bonds. The molecule has 1 saturated heterocycles. The van der Waals surface area contributed by atoms with Crippen LogP contribution < -0.4 is 5.73 Å². The van der Waals surface area contributed by atoms with E-state index in [1.54, 1.807) is 17.0 Å². The molecule has 2 aromatic carbocycles. The van der Waals surface area contributed by atoms with Crippen molar-refractivity contribution in [2.45, 2.75) is 56.6 Å². The zero-order valence-electron chi connectivity index (χ0n) is 18.5. The van der Waals surface area contributed by atoms with E-state index in [1.165, 1.54) is 17.7 Å². The molecule has 1 fully saturated rings. The third-order valence-corrected chi connectivity index (χ3v) is 5.73. The second kappa shape index (κ2) is 10.3. The van der Waals surface area contributed by atoms with Gasteiger partial charge in [0.25, 0.3) is 10.1 Å². The van der Waals surface area contributed by atoms with Crippen LogP contribution in [0, 0.1) is 6.92 Å². The molecular weight excluding hydrogens is 416 g/mol. The van der Waals surface area contributed by atoms with E-state index in [4.69, 9.17) is 15.0 Å². The standard InChI is InChI=1S/C16H24N2O2.C7H8O3S/c1-16(2,3)20-15(19)18-10-9-14(17)13(11-18)12-7-5-4-6-8-12;1-6-2-4-7(5-3-6)11(8,9)10/h4-8,13-14H,9-11,17H2,1-3H3;2-5H,1H3,(H,8,9,10)/t13-,14+;/m0./s1. The fourth-order valence-corrected chi connectivity index (χ4v) is 3.71. The number of carbonyl (C=O) groups excluding carboxylic acids is 1. The van der Waals surface area contributed by atoms with E-state index in [0.29, 0.717) is 13.1 Å². The van der Waals surface area contributed by atoms with E-state index in [-0.39, 0.29) is 22.9 Å². The molecule has 0 unspecified atom stereocenters. The summed E-state index contributed by atoms with van der Waals surface area (Å²) in [6, 6.07) is 16.2. The van der Waals surface area contributed by atoms with Crippen LogP contribution in [-0.4, -0.2) is 48.7 Å². The van der Waals surface area contributed by atoms with Gasteiger partial charge in [-0.15, -0.1) is 0 Å². The summed E-state index contributed by atoms with van der Waals surface area (Å²) in [7, 11) is -4.02. The molecule has 7 nitrogen and oxygen atoms in total. The van der Waals surface area contributed by atoms with Gasteiger partial charge in [0.2, 0.25) is 0 Å². The molecule has 31 heavy (non-hydrogen) atoms. The van der Waals surface area contributed by atoms with Crippen LogP contribution in [-0.2, 0) is 14.9 Å². The van der Waals surface area contributed by atoms with Gasteiger partial charge in [-0.1, -0.05) is 48.0 Å². The molecule has 0 aromatic heterocycles. The number of piperidine rings is 1. The number of nitrogens with zero attached hydrogens (tertiary/aromatic N) is 1. The molecule has 8 heteroatoms. The molecular formula is C23H32N2O5S. The lowest BCUT2D eigenvalue weighted by Crippen LogP contribution is -2.49. The summed E-state index contributed by atoms with van der Waals surface area (Å²) in [5, 5.41) is 0. The number of carbonyl (C=O) groups is 1. The SMILES string of the molecule is CC(C)(C)OC(=O)N1CC[C@@H](N)[C@H](c2ccccc2)C1.Cc1ccc(S(=O)(=O)O)cc1. The number of aryl methyl sites for hydroxylation is 1. The van der Waals surface area contributed by atoms with Crippen molar-refractivity contribution in [3.8, 4) is 0 Å². The van der Waals surface area contributed by atoms with Gasteiger partial charge < -0.3 is 15.4 Å². The average Bonchev–Trinajstić information content (AvgIpc) is 2.68. The van der Waals surface area contributed by atoms with Gasteiger partial charge in [0.15, 0.2) is 0 Å². The minimum atomic E-state index is -4.02. The smallest absolute Gasteiger partial charge is 0.410 e. The number of hydrogen-bond donors (Lipinski definition) is 2. The Labute approximate surface area is 185 Å². The van der Waals surface area contributed by atoms with Crippen molar-refractivity contribution < 1.29 is 22.5 Å². The molecule has 3 rings (SSSR count). The highest BCUT2D eigenvalue weighted by molar-refractivity contribution is 7.85. The first kappa shape index (κ1) is 24.8. The topological polar surface area (TPSA) is 110 Å². The summed E-state index contributed by atoms with van der Waals surface area (Å²) >= 11 is 0. The van der Waals surface area contributed by atoms with Crippen LogP contribution in [0.15, 0.2) is 59.5 Å². The van der Waals surface area contributed by atoms with Gasteiger partial charge in [0.05, 0.1) is 4.90 Å². The number of benzene rings is 2. The Morgan fingerprint density at radius 1 is 1.10 bits per heavy atom. The van der Waals surface area contributed by atoms with Crippen LogP contribution >= 0.6 is 0 Å². The third kappa shape index (κ3) is 7.97. The molecule has 0 radical (unpaired) electrons. The highest BCUT2D eigenvalue weighted by Crippen LogP contribution is 2.27. The van der Waals surface area contributed by atoms with Gasteiger partial charge in [-0.25, -0.2) is 4.79 Å². The molecule has 170 valence electrons. The predicted octanol–water partition coefficient (Wildman–Crippen LogP) is 3.98. The fraction of sp³-hybridized carbons (Fsp3) is 0.435. The molecule has 3 N–H and O–H groups in total. The molecule has 0 saturated carbocycles. The number of ether oxygens (including phenoxy) is 1. The van der Waals surface area contributed by atoms with Crippen LogP contribution in [0.3, 0.4) is 0 Å². The van der Waals surface area contributed by atoms with Crippen LogP contribution in [0.2, 0.25) is 0 Å². The van der Waals surface area contributed by atoms with Gasteiger partial charge >= 0.3 is 6.09 Å². The van der Waals surface area contributed by atoms with Crippen molar-refractivity contribution in [2.24, 2.45) is 5.73 Å². The molecule has 2 aromatic rings. The van der Waals surface area contributed by atoms with Gasteiger partial charge in [-0.05, 0) is 51.8 Å². The van der Waals surface area contributed by atoms with Crippen LogP contribution in [0.4, 0.5) is 4.79 Å². The molecule has 1 heterocycles. The Balaban J connectivity index is 0.000000262. The van der Waals surface area contributed by atoms with Crippen molar-refractivity contribution in [1.29, 1.82) is 0 Å². The van der Waals surface area contributed by atoms with Gasteiger partial charge in [-0.3, -0.25) is 4.55 Å². The number of amides is 1. The summed E-state index contributed by atoms with van der Waals surface area (Å²) in [4.78, 5) is 13.9. The van der Waals surface area contributed by atoms with E-state index < -0.39 is 15.7 Å². The van der Waals surface area contributed by atoms with E-state index in [2.05, 4.69) is 12.1 Å². The Morgan fingerprint density at radius 2 is 1.68 bits per heavy atom. The van der Waals surface area contributed by atoms with E-state index in [0.717, 1.165) is 12.0 Å². The molecule has 0 spiro atoms. The van der Waals surface area contributed by atoms with Crippen LogP contribution in [0.1, 0.15) is 44.2 Å². The summed E-state index contributed by atoms with van der Waals surface area (Å²) in [5.74, 6) is 0.178. The fourth-order valence-electron chi connectivity index (χ4n) is 3.23. The van der Waals surface area contributed by atoms with Gasteiger partial charge in [-0.2, -0.15) is 8.42 Å². The number of rotatable bonds is 2. The highest BCUT2D eigenvalue weighted by atomic mass is 32.2. The van der Waals surface area contributed by atoms with Crippen molar-refractivity contribution in [2.75, 3.05) is 13.1 Å². The first-order chi connectivity index (χ1) is 14.4. The van der Waals surface area contributed by atoms with Crippen molar-refractivity contribution in [1.82, 2.24) is 4.90 Å². The van der Waals surface area contributed by atoms with Crippen LogP contribution in [0.25, 0.3) is 0 Å². The Kier molecular flexibility index (Phi) is 8.22. The van der Waals surface area contributed by atoms with Crippen molar-refractivity contribution in [3.63, 3.8) is 0 Å². The Hall–Kier alpha value is -2.42. The maximum atomic E-state index is 12.2. The van der Waals surface area contributed by atoms with E-state index >= 15 is 0 Å². The zero-order valence-corrected chi connectivity index (χ0v) is 19.3. The molecule has 0 aliphatic carbocycles. The maximum Gasteiger partial charge on any atom is 0.410 e. The zero-order chi connectivity index (χ0) is 23.2. The lowest BCUT2D eigenvalue weighted by molar-refractivity contribution is 0.0186. The minimum absolute atomic E-state index is 0.0666. The maximum absolute atomic E-state index is 12.2. The summed E-state index contributed by atoms with van der Waals surface area (Å²) < 4.78 is 35.0. The molecule has 2 atom stereocenters. The summed E-state index contributed by atoms with van der Waals surface area (Å²) in [5.41, 5.74) is 7.91. The first-order valence-electron chi connectivity index (χ1n) is 10.2. The normalized spacial score (nSPS) is 19.2. The third-order valence-electron chi connectivity index (χ3n) is 4.86. The Morgan fingerprint density at radius 3 is 2.19 bits per heavy atom. The molecule has 1 aliphatic heterocycles. The van der Waals surface area contributed by atoms with Gasteiger partial charge in [0, 0.05) is 25.0 Å². The average molecular weight is 449 g/mol. The van der Waals surface area contributed by atoms with E-state index in [9.17, 15) is 13.2 Å². The molecule has 0 bridgehead atoms. The number of nitrogens with two attached hydrogens (primary N) is 1. The first-order valence-corrected chi connectivity index (χ1v) is 11.6. The van der Waals surface area contributed by atoms with Crippen LogP contribution in [0.5, 0.6) is 0 Å².